The molecule has 1 heterocycles. The summed E-state index contributed by atoms with van der Waals surface area (Å²) in [7, 11) is 0. The highest BCUT2D eigenvalue weighted by molar-refractivity contribution is 6.30. The van der Waals surface area contributed by atoms with Crippen molar-refractivity contribution in [2.75, 3.05) is 13.1 Å². The maximum Gasteiger partial charge on any atom is 0.266 e. The van der Waals surface area contributed by atoms with Crippen LogP contribution in [0.2, 0.25) is 5.02 Å². The van der Waals surface area contributed by atoms with Crippen LogP contribution in [0, 0.1) is 5.92 Å². The van der Waals surface area contributed by atoms with Gasteiger partial charge in [0.15, 0.2) is 5.60 Å². The summed E-state index contributed by atoms with van der Waals surface area (Å²) in [5, 5.41) is 11.2. The fourth-order valence-corrected chi connectivity index (χ4v) is 3.69. The number of hydrogen-bond acceptors (Lipinski definition) is 3. The number of amides is 1. The molecule has 0 radical (unpaired) electrons. The second kappa shape index (κ2) is 8.32. The van der Waals surface area contributed by atoms with E-state index < -0.39 is 11.7 Å². The topological polar surface area (TPSA) is 49.8 Å². The van der Waals surface area contributed by atoms with Crippen LogP contribution in [0.1, 0.15) is 38.4 Å². The van der Waals surface area contributed by atoms with Crippen molar-refractivity contribution in [1.82, 2.24) is 4.90 Å². The van der Waals surface area contributed by atoms with Crippen molar-refractivity contribution in [2.45, 2.75) is 38.4 Å². The van der Waals surface area contributed by atoms with Gasteiger partial charge in [-0.15, -0.1) is 0 Å². The fourth-order valence-electron chi connectivity index (χ4n) is 3.56. The Balaban J connectivity index is 1.58. The molecular weight excluding hydrogens is 362 g/mol. The zero-order valence-electron chi connectivity index (χ0n) is 15.8. The smallest absolute Gasteiger partial charge is 0.266 e. The molecule has 3 rings (SSSR count). The summed E-state index contributed by atoms with van der Waals surface area (Å²) >= 11 is 5.90. The van der Waals surface area contributed by atoms with E-state index in [1.165, 1.54) is 0 Å². The Morgan fingerprint density at radius 1 is 1.11 bits per heavy atom. The molecule has 1 atom stereocenters. The van der Waals surface area contributed by atoms with E-state index in [1.807, 2.05) is 35.2 Å². The molecule has 27 heavy (non-hydrogen) atoms. The third-order valence-corrected chi connectivity index (χ3v) is 5.37. The molecule has 0 aliphatic carbocycles. The molecular formula is C22H26ClNO3. The summed E-state index contributed by atoms with van der Waals surface area (Å²) in [6.45, 7) is 4.82. The lowest BCUT2D eigenvalue weighted by Crippen LogP contribution is -2.51. The SMILES string of the molecule is CC(C)(Oc1ccc(Cl)cc1)C(=O)N1CCC(C(O)c2ccccc2)CC1. The Bertz CT molecular complexity index is 753. The molecule has 1 aliphatic heterocycles. The van der Waals surface area contributed by atoms with E-state index >= 15 is 0 Å². The summed E-state index contributed by atoms with van der Waals surface area (Å²) in [5.74, 6) is 0.744. The number of ether oxygens (including phenoxy) is 1. The van der Waals surface area contributed by atoms with Crippen LogP contribution in [0.3, 0.4) is 0 Å². The van der Waals surface area contributed by atoms with Crippen molar-refractivity contribution < 1.29 is 14.6 Å². The van der Waals surface area contributed by atoms with Crippen LogP contribution >= 0.6 is 11.6 Å². The Labute approximate surface area is 165 Å². The van der Waals surface area contributed by atoms with Gasteiger partial charge in [0.05, 0.1) is 6.10 Å². The number of carbonyl (C=O) groups is 1. The minimum absolute atomic E-state index is 0.0369. The van der Waals surface area contributed by atoms with E-state index in [0.717, 1.165) is 18.4 Å². The van der Waals surface area contributed by atoms with Crippen LogP contribution in [0.4, 0.5) is 0 Å². The Morgan fingerprint density at radius 3 is 2.30 bits per heavy atom. The van der Waals surface area contributed by atoms with Gasteiger partial charge in [-0.3, -0.25) is 4.79 Å². The van der Waals surface area contributed by atoms with Crippen LogP contribution in [-0.4, -0.2) is 34.6 Å². The number of piperidine rings is 1. The second-order valence-corrected chi connectivity index (χ2v) is 7.99. The van der Waals surface area contributed by atoms with Crippen molar-refractivity contribution >= 4 is 17.5 Å². The molecule has 2 aromatic carbocycles. The van der Waals surface area contributed by atoms with Crippen LogP contribution in [0.15, 0.2) is 54.6 Å². The van der Waals surface area contributed by atoms with Gasteiger partial charge in [0, 0.05) is 18.1 Å². The fraction of sp³-hybridized carbons (Fsp3) is 0.409. The zero-order valence-corrected chi connectivity index (χ0v) is 16.5. The first-order valence-electron chi connectivity index (χ1n) is 9.34. The molecule has 1 unspecified atom stereocenters. The quantitative estimate of drug-likeness (QED) is 0.823. The lowest BCUT2D eigenvalue weighted by molar-refractivity contribution is -0.147. The predicted molar refractivity (Wildman–Crippen MR) is 107 cm³/mol. The molecule has 1 aliphatic rings. The van der Waals surface area contributed by atoms with Gasteiger partial charge in [0.25, 0.3) is 5.91 Å². The van der Waals surface area contributed by atoms with Gasteiger partial charge in [0.1, 0.15) is 5.75 Å². The van der Waals surface area contributed by atoms with Crippen molar-refractivity contribution in [3.05, 3.63) is 65.2 Å². The van der Waals surface area contributed by atoms with Crippen molar-refractivity contribution in [3.8, 4) is 5.75 Å². The third kappa shape index (κ3) is 4.82. The molecule has 0 bridgehead atoms. The Morgan fingerprint density at radius 2 is 1.70 bits per heavy atom. The molecule has 1 saturated heterocycles. The first-order chi connectivity index (χ1) is 12.9. The number of halogens is 1. The average Bonchev–Trinajstić information content (AvgIpc) is 2.69. The number of hydrogen-bond donors (Lipinski definition) is 1. The number of likely N-dealkylation sites (tertiary alicyclic amines) is 1. The van der Waals surface area contributed by atoms with E-state index in [0.29, 0.717) is 23.9 Å². The number of rotatable bonds is 5. The molecule has 1 N–H and O–H groups in total. The Kier molecular flexibility index (Phi) is 6.08. The number of carbonyl (C=O) groups excluding carboxylic acids is 1. The predicted octanol–water partition coefficient (Wildman–Crippen LogP) is 4.47. The zero-order chi connectivity index (χ0) is 19.4. The van der Waals surface area contributed by atoms with Crippen LogP contribution in [-0.2, 0) is 4.79 Å². The lowest BCUT2D eigenvalue weighted by Gasteiger charge is -2.38. The van der Waals surface area contributed by atoms with Crippen molar-refractivity contribution in [1.29, 1.82) is 0 Å². The first kappa shape index (κ1) is 19.7. The molecule has 1 amide bonds. The van der Waals surface area contributed by atoms with Crippen molar-refractivity contribution in [3.63, 3.8) is 0 Å². The van der Waals surface area contributed by atoms with E-state index in [4.69, 9.17) is 16.3 Å². The summed E-state index contributed by atoms with van der Waals surface area (Å²) in [6.07, 6.45) is 1.07. The summed E-state index contributed by atoms with van der Waals surface area (Å²) < 4.78 is 5.92. The van der Waals surface area contributed by atoms with E-state index in [1.54, 1.807) is 38.1 Å². The average molecular weight is 388 g/mol. The number of nitrogens with zero attached hydrogens (tertiary/aromatic N) is 1. The molecule has 2 aromatic rings. The maximum absolute atomic E-state index is 13.0. The monoisotopic (exact) mass is 387 g/mol. The molecule has 4 nitrogen and oxygen atoms in total. The Hall–Kier alpha value is -2.04. The van der Waals surface area contributed by atoms with Gasteiger partial charge < -0.3 is 14.7 Å². The van der Waals surface area contributed by atoms with Gasteiger partial charge in [-0.2, -0.15) is 0 Å². The second-order valence-electron chi connectivity index (χ2n) is 7.55. The molecule has 5 heteroatoms. The standard InChI is InChI=1S/C22H26ClNO3/c1-22(2,27-19-10-8-18(23)9-11-19)21(26)24-14-12-17(13-15-24)20(25)16-6-4-3-5-7-16/h3-11,17,20,25H,12-15H2,1-2H3. The van der Waals surface area contributed by atoms with Crippen LogP contribution < -0.4 is 4.74 Å². The summed E-state index contributed by atoms with van der Waals surface area (Å²) in [6, 6.07) is 16.7. The lowest BCUT2D eigenvalue weighted by atomic mass is 9.87. The largest absolute Gasteiger partial charge is 0.478 e. The molecule has 144 valence electrons. The van der Waals surface area contributed by atoms with Gasteiger partial charge in [-0.05, 0) is 62.4 Å². The normalized spacial score (nSPS) is 16.8. The molecule has 0 saturated carbocycles. The highest BCUT2D eigenvalue weighted by Gasteiger charge is 2.37. The van der Waals surface area contributed by atoms with E-state index in [-0.39, 0.29) is 11.8 Å². The highest BCUT2D eigenvalue weighted by Crippen LogP contribution is 2.32. The van der Waals surface area contributed by atoms with Crippen LogP contribution in [0.5, 0.6) is 5.75 Å². The highest BCUT2D eigenvalue weighted by atomic mass is 35.5. The molecule has 1 fully saturated rings. The summed E-state index contributed by atoms with van der Waals surface area (Å²) in [5.41, 5.74) is -0.0210. The van der Waals surface area contributed by atoms with Gasteiger partial charge in [-0.25, -0.2) is 0 Å². The van der Waals surface area contributed by atoms with Crippen molar-refractivity contribution in [2.24, 2.45) is 5.92 Å². The molecule has 0 aromatic heterocycles. The van der Waals surface area contributed by atoms with E-state index in [9.17, 15) is 9.90 Å². The molecule has 0 spiro atoms. The third-order valence-electron chi connectivity index (χ3n) is 5.12. The van der Waals surface area contributed by atoms with Gasteiger partial charge >= 0.3 is 0 Å². The number of benzene rings is 2. The van der Waals surface area contributed by atoms with Gasteiger partial charge in [-0.1, -0.05) is 41.9 Å². The summed E-state index contributed by atoms with van der Waals surface area (Å²) in [4.78, 5) is 14.8. The number of aliphatic hydroxyl groups is 1. The minimum Gasteiger partial charge on any atom is -0.478 e. The number of aliphatic hydroxyl groups excluding tert-OH is 1. The minimum atomic E-state index is -0.960. The van der Waals surface area contributed by atoms with Crippen LogP contribution in [0.25, 0.3) is 0 Å². The van der Waals surface area contributed by atoms with E-state index in [2.05, 4.69) is 0 Å². The first-order valence-corrected chi connectivity index (χ1v) is 9.71. The maximum atomic E-state index is 13.0. The van der Waals surface area contributed by atoms with Gasteiger partial charge in [0.2, 0.25) is 0 Å².